The van der Waals surface area contributed by atoms with Crippen molar-refractivity contribution in [3.63, 3.8) is 0 Å². The fourth-order valence-corrected chi connectivity index (χ4v) is 4.97. The third kappa shape index (κ3) is 6.76. The van der Waals surface area contributed by atoms with Gasteiger partial charge in [-0.15, -0.1) is 0 Å². The van der Waals surface area contributed by atoms with Crippen molar-refractivity contribution in [1.82, 2.24) is 9.62 Å². The Kier molecular flexibility index (Phi) is 7.72. The first-order valence-electron chi connectivity index (χ1n) is 11.2. The van der Waals surface area contributed by atoms with Crippen molar-refractivity contribution in [3.8, 4) is 0 Å². The van der Waals surface area contributed by atoms with Crippen molar-refractivity contribution in [1.29, 1.82) is 0 Å². The molecule has 0 aromatic heterocycles. The summed E-state index contributed by atoms with van der Waals surface area (Å²) in [6.07, 6.45) is 1.46. The van der Waals surface area contributed by atoms with Gasteiger partial charge in [-0.3, -0.25) is 19.4 Å². The Morgan fingerprint density at radius 1 is 0.882 bits per heavy atom. The average Bonchev–Trinajstić information content (AvgIpc) is 3.33. The maximum atomic E-state index is 12.9. The molecule has 4 rings (SSSR count). The van der Waals surface area contributed by atoms with E-state index in [1.807, 2.05) is 60.7 Å². The van der Waals surface area contributed by atoms with Gasteiger partial charge in [-0.25, -0.2) is 8.42 Å². The van der Waals surface area contributed by atoms with Crippen molar-refractivity contribution in [3.05, 3.63) is 96.1 Å². The second kappa shape index (κ2) is 11.1. The number of carbonyl (C=O) groups excluding carboxylic acids is 1. The van der Waals surface area contributed by atoms with Gasteiger partial charge in [-0.05, 0) is 35.7 Å². The van der Waals surface area contributed by atoms with E-state index in [1.54, 1.807) is 12.1 Å². The zero-order valence-electron chi connectivity index (χ0n) is 18.9. The first-order chi connectivity index (χ1) is 16.5. The van der Waals surface area contributed by atoms with Gasteiger partial charge >= 0.3 is 0 Å². The highest BCUT2D eigenvalue weighted by Crippen LogP contribution is 2.17. The third-order valence-electron chi connectivity index (χ3n) is 5.42. The molecular weight excluding hydrogens is 448 g/mol. The minimum Gasteiger partial charge on any atom is -0.325 e. The van der Waals surface area contributed by atoms with Crippen LogP contribution in [0.2, 0.25) is 0 Å². The number of benzene rings is 3. The van der Waals surface area contributed by atoms with E-state index < -0.39 is 10.0 Å². The number of hydrogen-bond donors (Lipinski definition) is 2. The molecule has 0 radical (unpaired) electrons. The predicted molar refractivity (Wildman–Crippen MR) is 134 cm³/mol. The first-order valence-corrected chi connectivity index (χ1v) is 12.7. The molecule has 3 aromatic rings. The van der Waals surface area contributed by atoms with E-state index in [9.17, 15) is 13.2 Å². The lowest BCUT2D eigenvalue weighted by atomic mass is 10.1. The van der Waals surface area contributed by atoms with Crippen molar-refractivity contribution in [2.24, 2.45) is 4.99 Å². The molecule has 0 fully saturated rings. The highest BCUT2D eigenvalue weighted by molar-refractivity contribution is 7.90. The molecular formula is C26H28N4O3S. The number of nitrogens with one attached hydrogen (secondary N) is 2. The van der Waals surface area contributed by atoms with Gasteiger partial charge in [0, 0.05) is 31.7 Å². The summed E-state index contributed by atoms with van der Waals surface area (Å²) in [6, 6.07) is 26.3. The minimum absolute atomic E-state index is 0.0883. The number of sulfonamides is 1. The van der Waals surface area contributed by atoms with Crippen LogP contribution in [0, 0.1) is 0 Å². The lowest BCUT2D eigenvalue weighted by Gasteiger charge is -2.22. The lowest BCUT2D eigenvalue weighted by Crippen LogP contribution is -2.32. The largest absolute Gasteiger partial charge is 0.325 e. The molecule has 0 aliphatic carbocycles. The number of amidine groups is 1. The molecule has 0 atom stereocenters. The van der Waals surface area contributed by atoms with Crippen LogP contribution in [-0.4, -0.2) is 38.2 Å². The third-order valence-corrected chi connectivity index (χ3v) is 6.80. The molecule has 2 N–H and O–H groups in total. The average molecular weight is 477 g/mol. The van der Waals surface area contributed by atoms with Crippen LogP contribution >= 0.6 is 0 Å². The number of carbonyl (C=O) groups is 1. The molecule has 3 aromatic carbocycles. The Bertz CT molecular complexity index is 1200. The number of nitrogens with zero attached hydrogens (tertiary/aromatic N) is 2. The summed E-state index contributed by atoms with van der Waals surface area (Å²) in [6.45, 7) is 2.03. The van der Waals surface area contributed by atoms with Crippen LogP contribution in [0.15, 0.2) is 94.8 Å². The highest BCUT2D eigenvalue weighted by Gasteiger charge is 2.19. The summed E-state index contributed by atoms with van der Waals surface area (Å²) in [4.78, 5) is 19.2. The SMILES string of the molecule is O=C(CN(Cc1ccccc1)Cc1ccccc1)Nc1cccc(S(=O)(=O)NC2=NCCC2)c1. The standard InChI is InChI=1S/C26H28N4O3S/c31-26(20-30(18-21-9-3-1-4-10-21)19-22-11-5-2-6-12-22)28-23-13-7-14-24(17-23)34(32,33)29-25-15-8-16-27-25/h1-7,9-14,17H,8,15-16,18-20H2,(H,27,29)(H,28,31). The van der Waals surface area contributed by atoms with Gasteiger partial charge in [0.1, 0.15) is 5.84 Å². The summed E-state index contributed by atoms with van der Waals surface area (Å²) in [5.41, 5.74) is 2.65. The second-order valence-corrected chi connectivity index (χ2v) is 9.91. The molecule has 0 unspecified atom stereocenters. The van der Waals surface area contributed by atoms with E-state index in [0.717, 1.165) is 17.5 Å². The molecule has 8 heteroatoms. The Labute approximate surface area is 200 Å². The fraction of sp³-hybridized carbons (Fsp3) is 0.231. The quantitative estimate of drug-likeness (QED) is 0.492. The van der Waals surface area contributed by atoms with E-state index in [2.05, 4.69) is 19.9 Å². The van der Waals surface area contributed by atoms with Crippen molar-refractivity contribution < 1.29 is 13.2 Å². The molecule has 1 aliphatic heterocycles. The topological polar surface area (TPSA) is 90.9 Å². The van der Waals surface area contributed by atoms with Gasteiger partial charge in [0.05, 0.1) is 11.4 Å². The molecule has 34 heavy (non-hydrogen) atoms. The number of aliphatic imine (C=N–C) groups is 1. The van der Waals surface area contributed by atoms with Crippen LogP contribution in [0.5, 0.6) is 0 Å². The molecule has 0 saturated carbocycles. The van der Waals surface area contributed by atoms with Gasteiger partial charge in [-0.2, -0.15) is 0 Å². The molecule has 7 nitrogen and oxygen atoms in total. The zero-order valence-corrected chi connectivity index (χ0v) is 19.7. The monoisotopic (exact) mass is 476 g/mol. The number of rotatable bonds is 9. The fourth-order valence-electron chi connectivity index (χ4n) is 3.83. The maximum Gasteiger partial charge on any atom is 0.262 e. The molecule has 1 amide bonds. The van der Waals surface area contributed by atoms with Crippen LogP contribution in [0.3, 0.4) is 0 Å². The number of amides is 1. The maximum absolute atomic E-state index is 12.9. The van der Waals surface area contributed by atoms with E-state index in [0.29, 0.717) is 37.6 Å². The van der Waals surface area contributed by atoms with Crippen molar-refractivity contribution in [2.75, 3.05) is 18.4 Å². The normalized spacial score (nSPS) is 13.5. The predicted octanol–water partition coefficient (Wildman–Crippen LogP) is 3.80. The van der Waals surface area contributed by atoms with Crippen LogP contribution in [-0.2, 0) is 27.9 Å². The molecule has 176 valence electrons. The Balaban J connectivity index is 1.44. The van der Waals surface area contributed by atoms with Crippen LogP contribution < -0.4 is 10.0 Å². The summed E-state index contributed by atoms with van der Waals surface area (Å²) in [5.74, 6) is 0.265. The van der Waals surface area contributed by atoms with Crippen LogP contribution in [0.4, 0.5) is 5.69 Å². The highest BCUT2D eigenvalue weighted by atomic mass is 32.2. The molecule has 1 aliphatic rings. The van der Waals surface area contributed by atoms with Crippen molar-refractivity contribution in [2.45, 2.75) is 30.8 Å². The molecule has 0 saturated heterocycles. The van der Waals surface area contributed by atoms with Crippen molar-refractivity contribution >= 4 is 27.5 Å². The van der Waals surface area contributed by atoms with Gasteiger partial charge in [0.2, 0.25) is 5.91 Å². The Morgan fingerprint density at radius 2 is 1.53 bits per heavy atom. The first kappa shape index (κ1) is 23.7. The summed E-state index contributed by atoms with van der Waals surface area (Å²) in [5, 5.41) is 2.85. The van der Waals surface area contributed by atoms with E-state index in [1.165, 1.54) is 12.1 Å². The van der Waals surface area contributed by atoms with Crippen LogP contribution in [0.1, 0.15) is 24.0 Å². The van der Waals surface area contributed by atoms with Gasteiger partial charge in [0.15, 0.2) is 0 Å². The lowest BCUT2D eigenvalue weighted by molar-refractivity contribution is -0.117. The van der Waals surface area contributed by atoms with E-state index in [4.69, 9.17) is 0 Å². The summed E-state index contributed by atoms with van der Waals surface area (Å²) < 4.78 is 27.9. The molecule has 1 heterocycles. The Hall–Kier alpha value is -3.49. The van der Waals surface area contributed by atoms with Crippen LogP contribution in [0.25, 0.3) is 0 Å². The van der Waals surface area contributed by atoms with E-state index in [-0.39, 0.29) is 17.3 Å². The summed E-state index contributed by atoms with van der Waals surface area (Å²) >= 11 is 0. The second-order valence-electron chi connectivity index (χ2n) is 8.23. The molecule has 0 bridgehead atoms. The van der Waals surface area contributed by atoms with Gasteiger partial charge in [-0.1, -0.05) is 66.7 Å². The minimum atomic E-state index is -3.75. The molecule has 0 spiro atoms. The number of anilines is 1. The smallest absolute Gasteiger partial charge is 0.262 e. The van der Waals surface area contributed by atoms with E-state index >= 15 is 0 Å². The zero-order chi connectivity index (χ0) is 23.8. The Morgan fingerprint density at radius 3 is 2.12 bits per heavy atom. The van der Waals surface area contributed by atoms with Gasteiger partial charge < -0.3 is 5.32 Å². The van der Waals surface area contributed by atoms with Gasteiger partial charge in [0.25, 0.3) is 10.0 Å². The summed E-state index contributed by atoms with van der Waals surface area (Å²) in [7, 11) is -3.75. The number of hydrogen-bond acceptors (Lipinski definition) is 5.